The highest BCUT2D eigenvalue weighted by molar-refractivity contribution is 9.10. The zero-order valence-corrected chi connectivity index (χ0v) is 16.7. The largest absolute Gasteiger partial charge is 0.322 e. The first-order chi connectivity index (χ1) is 12.8. The summed E-state index contributed by atoms with van der Waals surface area (Å²) < 4.78 is 40.2. The van der Waals surface area contributed by atoms with Gasteiger partial charge in [-0.1, -0.05) is 52.3 Å². The van der Waals surface area contributed by atoms with E-state index in [1.165, 1.54) is 12.1 Å². The Morgan fingerprint density at radius 2 is 1.81 bits per heavy atom. The van der Waals surface area contributed by atoms with Crippen molar-refractivity contribution in [2.75, 3.05) is 22.4 Å². The van der Waals surface area contributed by atoms with Crippen LogP contribution < -0.4 is 9.62 Å². The van der Waals surface area contributed by atoms with Crippen LogP contribution in [0, 0.1) is 5.82 Å². The molecule has 0 fully saturated rings. The molecule has 0 bridgehead atoms. The number of benzene rings is 3. The van der Waals surface area contributed by atoms with E-state index in [2.05, 4.69) is 21.2 Å². The van der Waals surface area contributed by atoms with Crippen LogP contribution in [0.2, 0.25) is 0 Å². The van der Waals surface area contributed by atoms with E-state index in [4.69, 9.17) is 0 Å². The SMILES string of the molecule is CS(=O)(=O)N(CC(=O)Nc1ccc(Br)cc1F)c1cccc2ccccc12. The van der Waals surface area contributed by atoms with Gasteiger partial charge in [0.15, 0.2) is 0 Å². The molecule has 0 aromatic heterocycles. The third-order valence-corrected chi connectivity index (χ3v) is 5.55. The molecule has 0 saturated heterocycles. The van der Waals surface area contributed by atoms with Crippen molar-refractivity contribution in [2.24, 2.45) is 0 Å². The number of carbonyl (C=O) groups excluding carboxylic acids is 1. The molecule has 0 spiro atoms. The molecule has 0 aliphatic rings. The Balaban J connectivity index is 1.93. The third kappa shape index (κ3) is 4.45. The summed E-state index contributed by atoms with van der Waals surface area (Å²) in [6.07, 6.45) is 1.03. The summed E-state index contributed by atoms with van der Waals surface area (Å²) in [4.78, 5) is 12.4. The highest BCUT2D eigenvalue weighted by Gasteiger charge is 2.23. The van der Waals surface area contributed by atoms with Gasteiger partial charge >= 0.3 is 0 Å². The number of amides is 1. The Morgan fingerprint density at radius 1 is 1.11 bits per heavy atom. The molecule has 140 valence electrons. The van der Waals surface area contributed by atoms with Gasteiger partial charge < -0.3 is 5.32 Å². The van der Waals surface area contributed by atoms with Crippen molar-refractivity contribution in [1.82, 2.24) is 0 Å². The summed E-state index contributed by atoms with van der Waals surface area (Å²) in [7, 11) is -3.74. The molecule has 1 amide bonds. The minimum Gasteiger partial charge on any atom is -0.322 e. The Labute approximate surface area is 165 Å². The number of carbonyl (C=O) groups is 1. The molecular formula is C19H16BrFN2O3S. The van der Waals surface area contributed by atoms with Crippen LogP contribution in [-0.2, 0) is 14.8 Å². The first-order valence-electron chi connectivity index (χ1n) is 7.96. The van der Waals surface area contributed by atoms with Gasteiger partial charge in [0.1, 0.15) is 12.4 Å². The Kier molecular flexibility index (Phi) is 5.48. The van der Waals surface area contributed by atoms with Crippen LogP contribution in [-0.4, -0.2) is 27.1 Å². The fourth-order valence-corrected chi connectivity index (χ4v) is 3.92. The van der Waals surface area contributed by atoms with Crippen molar-refractivity contribution in [3.8, 4) is 0 Å². The molecule has 3 aromatic carbocycles. The Morgan fingerprint density at radius 3 is 2.52 bits per heavy atom. The van der Waals surface area contributed by atoms with E-state index in [1.54, 1.807) is 30.3 Å². The van der Waals surface area contributed by atoms with Crippen molar-refractivity contribution in [1.29, 1.82) is 0 Å². The van der Waals surface area contributed by atoms with Crippen LogP contribution in [0.4, 0.5) is 15.8 Å². The minimum absolute atomic E-state index is 0.0189. The predicted octanol–water partition coefficient (Wildman–Crippen LogP) is 4.15. The van der Waals surface area contributed by atoms with Crippen LogP contribution in [0.5, 0.6) is 0 Å². The van der Waals surface area contributed by atoms with Crippen LogP contribution in [0.15, 0.2) is 65.1 Å². The standard InChI is InChI=1S/C19H16BrFN2O3S/c1-27(25,26)23(18-8-4-6-13-5-2-3-7-15(13)18)12-19(24)22-17-10-9-14(20)11-16(17)21/h2-11H,12H2,1H3,(H,22,24). The van der Waals surface area contributed by atoms with Crippen LogP contribution in [0.3, 0.4) is 0 Å². The number of halogens is 2. The molecule has 27 heavy (non-hydrogen) atoms. The first kappa shape index (κ1) is 19.3. The fraction of sp³-hybridized carbons (Fsp3) is 0.105. The lowest BCUT2D eigenvalue weighted by Gasteiger charge is -2.23. The van der Waals surface area contributed by atoms with Crippen molar-refractivity contribution < 1.29 is 17.6 Å². The molecule has 1 N–H and O–H groups in total. The second-order valence-electron chi connectivity index (χ2n) is 5.94. The van der Waals surface area contributed by atoms with E-state index < -0.39 is 28.3 Å². The summed E-state index contributed by atoms with van der Waals surface area (Å²) in [5, 5.41) is 3.97. The molecule has 0 unspecified atom stereocenters. The van der Waals surface area contributed by atoms with Gasteiger partial charge in [-0.05, 0) is 29.7 Å². The normalized spacial score (nSPS) is 11.4. The van der Waals surface area contributed by atoms with Crippen LogP contribution >= 0.6 is 15.9 Å². The molecule has 0 heterocycles. The molecule has 3 aromatic rings. The maximum atomic E-state index is 13.9. The van der Waals surface area contributed by atoms with Gasteiger partial charge in [0, 0.05) is 9.86 Å². The second kappa shape index (κ2) is 7.66. The topological polar surface area (TPSA) is 66.5 Å². The summed E-state index contributed by atoms with van der Waals surface area (Å²) in [5.74, 6) is -1.26. The number of sulfonamides is 1. The number of nitrogens with one attached hydrogen (secondary N) is 1. The van der Waals surface area contributed by atoms with E-state index in [-0.39, 0.29) is 5.69 Å². The predicted molar refractivity (Wildman–Crippen MR) is 109 cm³/mol. The average Bonchev–Trinajstić information content (AvgIpc) is 2.61. The lowest BCUT2D eigenvalue weighted by Crippen LogP contribution is -2.37. The van der Waals surface area contributed by atoms with Crippen LogP contribution in [0.25, 0.3) is 10.8 Å². The quantitative estimate of drug-likeness (QED) is 0.634. The maximum Gasteiger partial charge on any atom is 0.245 e. The summed E-state index contributed by atoms with van der Waals surface area (Å²) >= 11 is 3.14. The number of hydrogen-bond acceptors (Lipinski definition) is 3. The second-order valence-corrected chi connectivity index (χ2v) is 8.76. The van der Waals surface area contributed by atoms with Crippen molar-refractivity contribution in [2.45, 2.75) is 0 Å². The van der Waals surface area contributed by atoms with E-state index in [1.807, 2.05) is 18.2 Å². The molecule has 0 radical (unpaired) electrons. The number of fused-ring (bicyclic) bond motifs is 1. The van der Waals surface area contributed by atoms with Crippen molar-refractivity contribution >= 4 is 54.0 Å². The number of nitrogens with zero attached hydrogens (tertiary/aromatic N) is 1. The zero-order valence-electron chi connectivity index (χ0n) is 14.3. The number of rotatable bonds is 5. The monoisotopic (exact) mass is 450 g/mol. The Bertz CT molecular complexity index is 1110. The maximum absolute atomic E-state index is 13.9. The molecule has 0 aliphatic heterocycles. The lowest BCUT2D eigenvalue weighted by atomic mass is 10.1. The third-order valence-electron chi connectivity index (χ3n) is 3.93. The van der Waals surface area contributed by atoms with Crippen molar-refractivity contribution in [3.05, 3.63) is 71.0 Å². The molecular weight excluding hydrogens is 435 g/mol. The molecule has 5 nitrogen and oxygen atoms in total. The van der Waals surface area contributed by atoms with E-state index >= 15 is 0 Å². The highest BCUT2D eigenvalue weighted by Crippen LogP contribution is 2.28. The summed E-state index contributed by atoms with van der Waals surface area (Å²) in [6.45, 7) is -0.470. The fourth-order valence-electron chi connectivity index (χ4n) is 2.72. The van der Waals surface area contributed by atoms with E-state index in [9.17, 15) is 17.6 Å². The lowest BCUT2D eigenvalue weighted by molar-refractivity contribution is -0.114. The van der Waals surface area contributed by atoms with Gasteiger partial charge in [0.05, 0.1) is 17.6 Å². The molecule has 8 heteroatoms. The molecule has 0 aliphatic carbocycles. The van der Waals surface area contributed by atoms with Gasteiger partial charge in [-0.15, -0.1) is 0 Å². The molecule has 3 rings (SSSR count). The summed E-state index contributed by atoms with van der Waals surface area (Å²) in [6, 6.07) is 16.7. The first-order valence-corrected chi connectivity index (χ1v) is 10.6. The van der Waals surface area contributed by atoms with Gasteiger partial charge in [-0.3, -0.25) is 9.10 Å². The average molecular weight is 451 g/mol. The number of hydrogen-bond donors (Lipinski definition) is 1. The molecule has 0 saturated carbocycles. The number of anilines is 2. The highest BCUT2D eigenvalue weighted by atomic mass is 79.9. The van der Waals surface area contributed by atoms with E-state index in [0.29, 0.717) is 15.5 Å². The smallest absolute Gasteiger partial charge is 0.245 e. The van der Waals surface area contributed by atoms with E-state index in [0.717, 1.165) is 15.9 Å². The minimum atomic E-state index is -3.74. The van der Waals surface area contributed by atoms with Gasteiger partial charge in [-0.2, -0.15) is 0 Å². The Hall–Kier alpha value is -2.45. The zero-order chi connectivity index (χ0) is 19.6. The molecule has 0 atom stereocenters. The van der Waals surface area contributed by atoms with Crippen LogP contribution in [0.1, 0.15) is 0 Å². The van der Waals surface area contributed by atoms with Gasteiger partial charge in [0.25, 0.3) is 0 Å². The van der Waals surface area contributed by atoms with Gasteiger partial charge in [-0.25, -0.2) is 12.8 Å². The summed E-state index contributed by atoms with van der Waals surface area (Å²) in [5.41, 5.74) is 0.372. The van der Waals surface area contributed by atoms with Gasteiger partial charge in [0.2, 0.25) is 15.9 Å². The van der Waals surface area contributed by atoms with Crippen molar-refractivity contribution in [3.63, 3.8) is 0 Å².